The number of para-hydroxylation sites is 1. The van der Waals surface area contributed by atoms with Gasteiger partial charge in [0.2, 0.25) is 0 Å². The first-order chi connectivity index (χ1) is 51.7. The zero-order chi connectivity index (χ0) is 72.4. The lowest BCUT2D eigenvalue weighted by atomic mass is 9.79. The summed E-state index contributed by atoms with van der Waals surface area (Å²) in [6, 6.07) is 111. The highest BCUT2D eigenvalue weighted by Gasteiger charge is 2.41. The van der Waals surface area contributed by atoms with E-state index in [-0.39, 0.29) is 22.9 Å². The molecule has 3 aliphatic carbocycles. The molecule has 0 saturated heterocycles. The van der Waals surface area contributed by atoms with E-state index in [0.29, 0.717) is 0 Å². The van der Waals surface area contributed by atoms with E-state index in [1.807, 2.05) is 12.2 Å². The highest BCUT2D eigenvalue weighted by Crippen LogP contribution is 2.54. The largest absolute Gasteiger partial charge is 0.335 e. The maximum atomic E-state index is 3.98. The van der Waals surface area contributed by atoms with Gasteiger partial charge in [0.25, 0.3) is 0 Å². The molecule has 3 nitrogen and oxygen atoms in total. The van der Waals surface area contributed by atoms with E-state index in [4.69, 9.17) is 0 Å². The molecule has 0 bridgehead atoms. The van der Waals surface area contributed by atoms with Gasteiger partial charge in [-0.2, -0.15) is 0 Å². The van der Waals surface area contributed by atoms with Crippen LogP contribution < -0.4 is 14.7 Å². The zero-order valence-electron chi connectivity index (χ0n) is 61.7. The molecule has 1 aliphatic heterocycles. The number of aryl methyl sites for hydroxylation is 2. The first-order valence-electron chi connectivity index (χ1n) is 37.5. The number of hydrogen-bond acceptors (Lipinski definition) is 3. The molecule has 0 saturated carbocycles. The lowest BCUT2D eigenvalue weighted by molar-refractivity contribution is 0.644. The third-order valence-corrected chi connectivity index (χ3v) is 23.1. The molecule has 0 spiro atoms. The van der Waals surface area contributed by atoms with Crippen LogP contribution >= 0.6 is 0 Å². The first kappa shape index (κ1) is 66.9. The molecule has 0 fully saturated rings. The van der Waals surface area contributed by atoms with Crippen LogP contribution in [0.25, 0.3) is 90.1 Å². The van der Waals surface area contributed by atoms with E-state index in [2.05, 4.69) is 404 Å². The van der Waals surface area contributed by atoms with E-state index in [1.54, 1.807) is 0 Å². The Labute approximate surface area is 626 Å². The van der Waals surface area contributed by atoms with Crippen molar-refractivity contribution in [3.63, 3.8) is 0 Å². The van der Waals surface area contributed by atoms with Gasteiger partial charge in [-0.05, 0) is 270 Å². The van der Waals surface area contributed by atoms with Gasteiger partial charge >= 0.3 is 0 Å². The number of nitrogens with zero attached hydrogens (tertiary/aromatic N) is 3. The Bertz CT molecular complexity index is 5680. The number of fused-ring (bicyclic) bond motifs is 7. The average molecular weight is 1370 g/mol. The Morgan fingerprint density at radius 2 is 0.849 bits per heavy atom. The molecule has 0 radical (unpaired) electrons. The number of anilines is 7. The van der Waals surface area contributed by atoms with Crippen molar-refractivity contribution in [3.8, 4) is 66.8 Å². The highest BCUT2D eigenvalue weighted by atomic mass is 15.2. The zero-order valence-corrected chi connectivity index (χ0v) is 61.7. The molecule has 3 heteroatoms. The quantitative estimate of drug-likeness (QED) is 0.101. The van der Waals surface area contributed by atoms with Crippen LogP contribution in [0.3, 0.4) is 0 Å². The van der Waals surface area contributed by atoms with Crippen LogP contribution in [0.4, 0.5) is 39.8 Å². The van der Waals surface area contributed by atoms with E-state index in [9.17, 15) is 0 Å². The maximum absolute atomic E-state index is 3.98. The lowest BCUT2D eigenvalue weighted by Gasteiger charge is -2.36. The second-order valence-electron chi connectivity index (χ2n) is 30.2. The smallest absolute Gasteiger partial charge is 0.0563 e. The van der Waals surface area contributed by atoms with E-state index in [0.717, 1.165) is 52.4 Å². The first-order valence-corrected chi connectivity index (χ1v) is 37.5. The standard InChI is InChI=1S/C103H87N3/c1-10-71-28-35-74(36-29-71)77-43-52-86(53-44-77)105(89-58-60-93-91-21-15-17-23-97(91)102(6,7)99(93)66-89)85-50-41-76(42-51-85)73-34-27-70(5)104(84-19-13-12-14-20-84)101-62-49-80(63-83(101)40-39-73)82-33-26-69(4)96(65-82)95-64-81(32-25-68(95)3)79-47-56-88(57-48-79)106(87-54-45-78(46-55-87)75-37-30-72(11-2)31-38-75)90-59-61-94-92-22-16-18-24-98(92)103(8,9)100(94)67-90/h10-39,41-58,60-67,70,90H,1-2,40,59H2,3-9H3. The SMILES string of the molecule is C=Cc1ccc(-c2ccc(N(c3ccc(C4=CCc5cc(-c6ccc(C)c(-c7cc(-c8ccc(N(c9ccc(-c%10ccc(C=C)cc%10)cc9)C9C=C%10C(=CC9)c9ccccc9C%10(C)C)cc8)ccc7C)c6)ccc5N(c5ccccc5)C(C)C=C4)cc3)c3ccc4c(c3)C(C)(C)c3ccccc3-4)cc2)cc1. The number of hydrogen-bond donors (Lipinski definition) is 0. The summed E-state index contributed by atoms with van der Waals surface area (Å²) >= 11 is 0. The van der Waals surface area contributed by atoms with Crippen LogP contribution in [-0.4, -0.2) is 12.1 Å². The van der Waals surface area contributed by atoms with Crippen LogP contribution in [0.5, 0.6) is 0 Å². The van der Waals surface area contributed by atoms with Crippen molar-refractivity contribution in [2.75, 3.05) is 14.7 Å². The minimum atomic E-state index is -0.146. The van der Waals surface area contributed by atoms with Crippen LogP contribution in [0.15, 0.2) is 346 Å². The van der Waals surface area contributed by atoms with Crippen LogP contribution in [0.1, 0.15) is 96.7 Å². The molecule has 13 aromatic rings. The van der Waals surface area contributed by atoms with Crippen molar-refractivity contribution in [3.05, 3.63) is 402 Å². The van der Waals surface area contributed by atoms with E-state index in [1.165, 1.54) is 139 Å². The summed E-state index contributed by atoms with van der Waals surface area (Å²) in [5.74, 6) is 0. The van der Waals surface area contributed by atoms with E-state index >= 15 is 0 Å². The Kier molecular flexibility index (Phi) is 17.3. The molecule has 13 aromatic carbocycles. The monoisotopic (exact) mass is 1370 g/mol. The van der Waals surface area contributed by atoms with Gasteiger partial charge in [0.1, 0.15) is 0 Å². The molecule has 2 atom stereocenters. The maximum Gasteiger partial charge on any atom is 0.0563 e. The number of rotatable bonds is 15. The Morgan fingerprint density at radius 3 is 1.42 bits per heavy atom. The van der Waals surface area contributed by atoms with Crippen molar-refractivity contribution in [2.24, 2.45) is 0 Å². The van der Waals surface area contributed by atoms with Gasteiger partial charge in [0.15, 0.2) is 0 Å². The average Bonchev–Trinajstić information content (AvgIpc) is 1.58. The summed E-state index contributed by atoms with van der Waals surface area (Å²) < 4.78 is 0. The minimum Gasteiger partial charge on any atom is -0.335 e. The fourth-order valence-corrected chi connectivity index (χ4v) is 17.1. The van der Waals surface area contributed by atoms with Crippen molar-refractivity contribution in [1.29, 1.82) is 0 Å². The number of benzene rings is 13. The molecule has 514 valence electrons. The van der Waals surface area contributed by atoms with Crippen molar-refractivity contribution < 1.29 is 0 Å². The molecule has 17 rings (SSSR count). The van der Waals surface area contributed by atoms with Crippen molar-refractivity contribution in [1.82, 2.24) is 0 Å². The summed E-state index contributed by atoms with van der Waals surface area (Å²) in [5, 5.41) is 0. The molecule has 4 aliphatic rings. The minimum absolute atomic E-state index is 0.0426. The third kappa shape index (κ3) is 12.2. The Hall–Kier alpha value is -12.3. The van der Waals surface area contributed by atoms with Gasteiger partial charge < -0.3 is 14.7 Å². The van der Waals surface area contributed by atoms with Gasteiger partial charge in [0.05, 0.1) is 6.04 Å². The summed E-state index contributed by atoms with van der Waals surface area (Å²) in [7, 11) is 0. The molecule has 2 unspecified atom stereocenters. The van der Waals surface area contributed by atoms with Gasteiger partial charge in [-0.1, -0.05) is 284 Å². The summed E-state index contributed by atoms with van der Waals surface area (Å²) in [6.45, 7) is 24.3. The van der Waals surface area contributed by atoms with Gasteiger partial charge in [-0.3, -0.25) is 0 Å². The summed E-state index contributed by atoms with van der Waals surface area (Å²) in [6.07, 6.45) is 17.6. The van der Waals surface area contributed by atoms with Crippen LogP contribution in [-0.2, 0) is 17.3 Å². The van der Waals surface area contributed by atoms with Crippen LogP contribution in [0.2, 0.25) is 0 Å². The second kappa shape index (κ2) is 27.4. The normalized spacial score (nSPS) is 15.8. The second-order valence-corrected chi connectivity index (χ2v) is 30.2. The van der Waals surface area contributed by atoms with Crippen LogP contribution in [0, 0.1) is 13.8 Å². The van der Waals surface area contributed by atoms with Gasteiger partial charge in [-0.25, -0.2) is 0 Å². The Morgan fingerprint density at radius 1 is 0.396 bits per heavy atom. The molecule has 0 N–H and O–H groups in total. The molecular formula is C103H87N3. The summed E-state index contributed by atoms with van der Waals surface area (Å²) in [4.78, 5) is 7.47. The predicted molar refractivity (Wildman–Crippen MR) is 453 cm³/mol. The predicted octanol–water partition coefficient (Wildman–Crippen LogP) is 27.6. The lowest BCUT2D eigenvalue weighted by Crippen LogP contribution is -2.32. The number of allylic oxidation sites excluding steroid dienone is 5. The topological polar surface area (TPSA) is 9.72 Å². The highest BCUT2D eigenvalue weighted by molar-refractivity contribution is 5.92. The van der Waals surface area contributed by atoms with Gasteiger partial charge in [0, 0.05) is 56.7 Å². The van der Waals surface area contributed by atoms with Gasteiger partial charge in [-0.15, -0.1) is 0 Å². The van der Waals surface area contributed by atoms with Crippen molar-refractivity contribution in [2.45, 2.75) is 84.2 Å². The molecule has 0 amide bonds. The molecular weight excluding hydrogens is 1280 g/mol. The summed E-state index contributed by atoms with van der Waals surface area (Å²) in [5.41, 5.74) is 39.0. The fraction of sp³-hybridized carbons (Fsp3) is 0.126. The fourth-order valence-electron chi connectivity index (χ4n) is 17.1. The van der Waals surface area contributed by atoms with Crippen molar-refractivity contribution >= 4 is 63.1 Å². The Balaban J connectivity index is 0.683. The van der Waals surface area contributed by atoms with E-state index < -0.39 is 0 Å². The molecule has 1 heterocycles. The molecule has 106 heavy (non-hydrogen) atoms. The third-order valence-electron chi connectivity index (χ3n) is 23.1. The molecule has 0 aromatic heterocycles.